The van der Waals surface area contributed by atoms with Crippen molar-refractivity contribution in [1.82, 2.24) is 0 Å². The number of benzene rings is 2. The first-order valence-corrected chi connectivity index (χ1v) is 8.25. The molecule has 2 aromatic carbocycles. The molecule has 2 aromatic rings. The summed E-state index contributed by atoms with van der Waals surface area (Å²) in [6, 6.07) is 10.0. The first-order chi connectivity index (χ1) is 12.5. The molecule has 0 saturated carbocycles. The summed E-state index contributed by atoms with van der Waals surface area (Å²) in [6.07, 6.45) is -1.93. The number of hydrogen-bond acceptors (Lipinski definition) is 4. The predicted octanol–water partition coefficient (Wildman–Crippen LogP) is 4.49. The van der Waals surface area contributed by atoms with Gasteiger partial charge in [0.2, 0.25) is 0 Å². The topological polar surface area (TPSA) is 44.8 Å². The molecule has 0 N–H and O–H groups in total. The van der Waals surface area contributed by atoms with E-state index in [1.807, 2.05) is 6.92 Å². The number of methoxy groups -OCH3 is 2. The van der Waals surface area contributed by atoms with Gasteiger partial charge in [-0.1, -0.05) is 25.1 Å². The largest absolute Gasteiger partial charge is 0.496 e. The van der Waals surface area contributed by atoms with Gasteiger partial charge in [0.05, 0.1) is 26.2 Å². The van der Waals surface area contributed by atoms with Gasteiger partial charge in [-0.05, 0) is 35.7 Å². The van der Waals surface area contributed by atoms with Crippen molar-refractivity contribution in [2.24, 2.45) is 0 Å². The van der Waals surface area contributed by atoms with Gasteiger partial charge in [-0.25, -0.2) is 8.78 Å². The van der Waals surface area contributed by atoms with Gasteiger partial charge in [-0.15, -0.1) is 0 Å². The maximum atomic E-state index is 13.3. The monoisotopic (exact) mass is 364 g/mol. The smallest absolute Gasteiger partial charge is 0.309 e. The number of aryl methyl sites for hydroxylation is 1. The van der Waals surface area contributed by atoms with Crippen LogP contribution in [-0.4, -0.2) is 20.2 Å². The van der Waals surface area contributed by atoms with Crippen LogP contribution in [0.5, 0.6) is 11.5 Å². The van der Waals surface area contributed by atoms with E-state index < -0.39 is 12.4 Å². The zero-order chi connectivity index (χ0) is 19.1. The minimum atomic E-state index is -2.64. The van der Waals surface area contributed by atoms with Crippen LogP contribution < -0.4 is 9.47 Å². The summed E-state index contributed by atoms with van der Waals surface area (Å²) in [6.45, 7) is 1.90. The summed E-state index contributed by atoms with van der Waals surface area (Å²) in [5, 5.41) is 0. The molecule has 0 fully saturated rings. The van der Waals surface area contributed by atoms with Crippen LogP contribution in [0.15, 0.2) is 36.4 Å². The van der Waals surface area contributed by atoms with E-state index in [9.17, 15) is 13.6 Å². The number of halogens is 2. The molecule has 0 aromatic heterocycles. The van der Waals surface area contributed by atoms with Crippen molar-refractivity contribution < 1.29 is 27.8 Å². The molecule has 0 atom stereocenters. The number of rotatable bonds is 8. The lowest BCUT2D eigenvalue weighted by atomic mass is 10.0. The van der Waals surface area contributed by atoms with Gasteiger partial charge in [-0.3, -0.25) is 4.79 Å². The molecule has 26 heavy (non-hydrogen) atoms. The van der Waals surface area contributed by atoms with E-state index in [-0.39, 0.29) is 24.3 Å². The highest BCUT2D eigenvalue weighted by atomic mass is 19.3. The summed E-state index contributed by atoms with van der Waals surface area (Å²) in [4.78, 5) is 11.6. The quantitative estimate of drug-likeness (QED) is 0.648. The minimum absolute atomic E-state index is 0.00152. The Morgan fingerprint density at radius 1 is 1.12 bits per heavy atom. The second-order valence-corrected chi connectivity index (χ2v) is 5.67. The highest BCUT2D eigenvalue weighted by Crippen LogP contribution is 2.32. The van der Waals surface area contributed by atoms with Crippen LogP contribution in [0, 0.1) is 0 Å². The van der Waals surface area contributed by atoms with Crippen molar-refractivity contribution in [1.29, 1.82) is 0 Å². The first-order valence-electron chi connectivity index (χ1n) is 8.25. The maximum Gasteiger partial charge on any atom is 0.309 e. The summed E-state index contributed by atoms with van der Waals surface area (Å²) in [7, 11) is 2.81. The average molecular weight is 364 g/mol. The Morgan fingerprint density at radius 2 is 1.88 bits per heavy atom. The standard InChI is InChI=1S/C20H22F2O4/c1-4-13-8-9-18(15(10-13)20(21)22)26-12-16-14(11-19(23)25-3)6-5-7-17(16)24-2/h5-10,20H,4,11-12H2,1-3H3. The van der Waals surface area contributed by atoms with E-state index in [0.717, 1.165) is 5.56 Å². The molecule has 0 bridgehead atoms. The van der Waals surface area contributed by atoms with Crippen LogP contribution in [0.2, 0.25) is 0 Å². The fourth-order valence-electron chi connectivity index (χ4n) is 2.63. The van der Waals surface area contributed by atoms with E-state index in [1.165, 1.54) is 20.3 Å². The normalized spacial score (nSPS) is 10.7. The summed E-state index contributed by atoms with van der Waals surface area (Å²) >= 11 is 0. The summed E-state index contributed by atoms with van der Waals surface area (Å²) in [5.74, 6) is 0.238. The number of carbonyl (C=O) groups excluding carboxylic acids is 1. The molecule has 140 valence electrons. The fraction of sp³-hybridized carbons (Fsp3) is 0.350. The molecule has 0 unspecified atom stereocenters. The molecular weight excluding hydrogens is 342 g/mol. The molecule has 0 aliphatic carbocycles. The van der Waals surface area contributed by atoms with Crippen LogP contribution in [0.4, 0.5) is 8.78 Å². The Morgan fingerprint density at radius 3 is 2.50 bits per heavy atom. The van der Waals surface area contributed by atoms with Gasteiger partial charge >= 0.3 is 5.97 Å². The van der Waals surface area contributed by atoms with Gasteiger partial charge in [0.1, 0.15) is 18.1 Å². The van der Waals surface area contributed by atoms with Gasteiger partial charge in [0.15, 0.2) is 0 Å². The van der Waals surface area contributed by atoms with E-state index >= 15 is 0 Å². The molecule has 0 radical (unpaired) electrons. The van der Waals surface area contributed by atoms with Crippen LogP contribution in [0.1, 0.15) is 35.6 Å². The Hall–Kier alpha value is -2.63. The van der Waals surface area contributed by atoms with Crippen molar-refractivity contribution in [3.63, 3.8) is 0 Å². The van der Waals surface area contributed by atoms with Crippen molar-refractivity contribution in [2.75, 3.05) is 14.2 Å². The second kappa shape index (κ2) is 9.17. The Labute approximate surface area is 151 Å². The third-order valence-electron chi connectivity index (χ3n) is 4.10. The van der Waals surface area contributed by atoms with Gasteiger partial charge in [-0.2, -0.15) is 0 Å². The highest BCUT2D eigenvalue weighted by Gasteiger charge is 2.17. The molecule has 0 amide bonds. The number of carbonyl (C=O) groups is 1. The molecule has 6 heteroatoms. The number of ether oxygens (including phenoxy) is 3. The molecule has 2 rings (SSSR count). The molecule has 0 saturated heterocycles. The lowest BCUT2D eigenvalue weighted by molar-refractivity contribution is -0.139. The molecule has 0 heterocycles. The first kappa shape index (κ1) is 19.7. The van der Waals surface area contributed by atoms with Crippen molar-refractivity contribution in [2.45, 2.75) is 32.8 Å². The molecule has 0 aliphatic rings. The van der Waals surface area contributed by atoms with Crippen LogP contribution >= 0.6 is 0 Å². The lowest BCUT2D eigenvalue weighted by Gasteiger charge is -2.16. The van der Waals surface area contributed by atoms with Crippen molar-refractivity contribution in [3.05, 3.63) is 58.7 Å². The lowest BCUT2D eigenvalue weighted by Crippen LogP contribution is -2.10. The Balaban J connectivity index is 2.30. The molecule has 0 aliphatic heterocycles. The van der Waals surface area contributed by atoms with Crippen LogP contribution in [-0.2, 0) is 29.0 Å². The van der Waals surface area contributed by atoms with Gasteiger partial charge in [0, 0.05) is 5.56 Å². The van der Waals surface area contributed by atoms with E-state index in [1.54, 1.807) is 30.3 Å². The second-order valence-electron chi connectivity index (χ2n) is 5.67. The third kappa shape index (κ3) is 4.71. The average Bonchev–Trinajstić information content (AvgIpc) is 2.66. The van der Waals surface area contributed by atoms with Gasteiger partial charge < -0.3 is 14.2 Å². The number of esters is 1. The number of alkyl halides is 2. The summed E-state index contributed by atoms with van der Waals surface area (Å²) in [5.41, 5.74) is 1.96. The van der Waals surface area contributed by atoms with Crippen LogP contribution in [0.25, 0.3) is 0 Å². The highest BCUT2D eigenvalue weighted by molar-refractivity contribution is 5.73. The molecule has 4 nitrogen and oxygen atoms in total. The van der Waals surface area contributed by atoms with E-state index in [4.69, 9.17) is 14.2 Å². The maximum absolute atomic E-state index is 13.3. The van der Waals surface area contributed by atoms with E-state index in [0.29, 0.717) is 23.3 Å². The SMILES string of the molecule is CCc1ccc(OCc2c(CC(=O)OC)cccc2OC)c(C(F)F)c1. The summed E-state index contributed by atoms with van der Waals surface area (Å²) < 4.78 is 42.4. The van der Waals surface area contributed by atoms with E-state index in [2.05, 4.69) is 0 Å². The zero-order valence-electron chi connectivity index (χ0n) is 15.1. The van der Waals surface area contributed by atoms with Crippen molar-refractivity contribution in [3.8, 4) is 11.5 Å². The Bertz CT molecular complexity index is 759. The minimum Gasteiger partial charge on any atom is -0.496 e. The van der Waals surface area contributed by atoms with Crippen LogP contribution in [0.3, 0.4) is 0 Å². The predicted molar refractivity (Wildman–Crippen MR) is 93.8 cm³/mol. The van der Waals surface area contributed by atoms with Crippen molar-refractivity contribution >= 4 is 5.97 Å². The third-order valence-corrected chi connectivity index (χ3v) is 4.10. The number of hydrogen-bond donors (Lipinski definition) is 0. The molecular formula is C20H22F2O4. The molecule has 0 spiro atoms. The van der Waals surface area contributed by atoms with Gasteiger partial charge in [0.25, 0.3) is 6.43 Å². The fourth-order valence-corrected chi connectivity index (χ4v) is 2.63. The Kier molecular flexibility index (Phi) is 6.95. The zero-order valence-corrected chi connectivity index (χ0v) is 15.1.